The summed E-state index contributed by atoms with van der Waals surface area (Å²) in [5, 5.41) is 23.0. The lowest BCUT2D eigenvalue weighted by atomic mass is 9.86. The Morgan fingerprint density at radius 2 is 1.90 bits per heavy atom. The Kier molecular flexibility index (Phi) is 9.09. The van der Waals surface area contributed by atoms with E-state index in [2.05, 4.69) is 15.8 Å². The standard InChI is InChI=1S/C30H38N6O5/c1-2-30(39)24-16-26-27-22(18-36(26)28(37)23(24)19-40-29(30)38)21(20-8-3-4-9-25(20)35-27)17-34-41-15-14-33-12-6-5-11-32-13-7-10-31/h3-4,8-9,16-17,32-33,39H,2,5-7,10-15,18-19,31H2,1H3/b34-17+/t30-/m0/s1. The van der Waals surface area contributed by atoms with Crippen LogP contribution in [-0.4, -0.2) is 66.2 Å². The number of carbonyl (C=O) groups excluding carboxylic acids is 1. The number of benzene rings is 1. The zero-order chi connectivity index (χ0) is 28.8. The molecule has 11 nitrogen and oxygen atoms in total. The molecular formula is C30H38N6O5. The summed E-state index contributed by atoms with van der Waals surface area (Å²) in [6.07, 6.45) is 4.96. The molecule has 0 fully saturated rings. The first-order valence-corrected chi connectivity index (χ1v) is 14.3. The summed E-state index contributed by atoms with van der Waals surface area (Å²) in [6, 6.07) is 9.43. The molecule has 218 valence electrons. The fourth-order valence-electron chi connectivity index (χ4n) is 5.44. The molecule has 0 unspecified atom stereocenters. The Balaban J connectivity index is 1.31. The molecule has 2 aliphatic rings. The molecule has 1 atom stereocenters. The van der Waals surface area contributed by atoms with Crippen LogP contribution < -0.4 is 21.9 Å². The van der Waals surface area contributed by atoms with E-state index in [9.17, 15) is 14.7 Å². The molecule has 41 heavy (non-hydrogen) atoms. The average molecular weight is 563 g/mol. The second-order valence-corrected chi connectivity index (χ2v) is 10.4. The summed E-state index contributed by atoms with van der Waals surface area (Å²) in [5.41, 5.74) is 7.51. The number of cyclic esters (lactones) is 1. The molecule has 1 aromatic carbocycles. The minimum atomic E-state index is -1.87. The zero-order valence-electron chi connectivity index (χ0n) is 23.4. The van der Waals surface area contributed by atoms with Crippen molar-refractivity contribution in [1.29, 1.82) is 0 Å². The zero-order valence-corrected chi connectivity index (χ0v) is 23.4. The van der Waals surface area contributed by atoms with Crippen LogP contribution in [0.2, 0.25) is 0 Å². The van der Waals surface area contributed by atoms with Crippen LogP contribution in [0, 0.1) is 0 Å². The third kappa shape index (κ3) is 5.76. The van der Waals surface area contributed by atoms with Gasteiger partial charge in [0.15, 0.2) is 5.60 Å². The van der Waals surface area contributed by atoms with Crippen molar-refractivity contribution in [3.63, 3.8) is 0 Å². The van der Waals surface area contributed by atoms with Crippen molar-refractivity contribution in [3.05, 3.63) is 62.9 Å². The van der Waals surface area contributed by atoms with Gasteiger partial charge in [-0.05, 0) is 64.0 Å². The summed E-state index contributed by atoms with van der Waals surface area (Å²) >= 11 is 0. The molecule has 2 aromatic heterocycles. The number of carbonyl (C=O) groups is 1. The Morgan fingerprint density at radius 3 is 2.68 bits per heavy atom. The second-order valence-electron chi connectivity index (χ2n) is 10.4. The van der Waals surface area contributed by atoms with Crippen molar-refractivity contribution in [2.24, 2.45) is 10.9 Å². The maximum Gasteiger partial charge on any atom is 0.343 e. The summed E-state index contributed by atoms with van der Waals surface area (Å²) < 4.78 is 6.80. The second kappa shape index (κ2) is 12.9. The Labute approximate surface area is 238 Å². The van der Waals surface area contributed by atoms with Gasteiger partial charge in [0.05, 0.1) is 35.2 Å². The number of para-hydroxylation sites is 1. The molecule has 2 aliphatic heterocycles. The van der Waals surface area contributed by atoms with Crippen LogP contribution in [0.3, 0.4) is 0 Å². The number of aromatic nitrogens is 2. The number of nitrogens with one attached hydrogen (secondary N) is 2. The quantitative estimate of drug-likeness (QED) is 0.0779. The number of pyridine rings is 2. The monoisotopic (exact) mass is 562 g/mol. The van der Waals surface area contributed by atoms with E-state index in [1.165, 1.54) is 0 Å². The van der Waals surface area contributed by atoms with E-state index in [1.54, 1.807) is 23.8 Å². The average Bonchev–Trinajstić information content (AvgIpc) is 3.36. The molecule has 0 bridgehead atoms. The number of rotatable bonds is 14. The van der Waals surface area contributed by atoms with Crippen LogP contribution in [0.25, 0.3) is 22.3 Å². The van der Waals surface area contributed by atoms with Crippen LogP contribution >= 0.6 is 0 Å². The highest BCUT2D eigenvalue weighted by molar-refractivity contribution is 6.02. The topological polar surface area (TPSA) is 153 Å². The maximum atomic E-state index is 13.5. The van der Waals surface area contributed by atoms with E-state index in [0.29, 0.717) is 35.7 Å². The minimum Gasteiger partial charge on any atom is -0.458 e. The summed E-state index contributed by atoms with van der Waals surface area (Å²) in [6.45, 7) is 6.51. The fraction of sp³-hybridized carbons (Fsp3) is 0.467. The lowest BCUT2D eigenvalue weighted by Gasteiger charge is -2.31. The highest BCUT2D eigenvalue weighted by atomic mass is 16.6. The van der Waals surface area contributed by atoms with Gasteiger partial charge in [-0.1, -0.05) is 30.3 Å². The SMILES string of the molecule is CC[C@@]1(O)C(=O)OCc2c1cc1n(c2=O)Cc2c-1nc1ccccc1c2/C=N/OCCNCCCCNCCCN. The van der Waals surface area contributed by atoms with Crippen LogP contribution in [0.5, 0.6) is 0 Å². The Morgan fingerprint density at radius 1 is 1.15 bits per heavy atom. The molecule has 5 N–H and O–H groups in total. The van der Waals surface area contributed by atoms with E-state index < -0.39 is 11.6 Å². The Hall–Kier alpha value is -3.64. The first kappa shape index (κ1) is 28.9. The van der Waals surface area contributed by atoms with Crippen molar-refractivity contribution < 1.29 is 19.5 Å². The smallest absolute Gasteiger partial charge is 0.343 e. The van der Waals surface area contributed by atoms with E-state index in [-0.39, 0.29) is 25.1 Å². The minimum absolute atomic E-state index is 0.0935. The van der Waals surface area contributed by atoms with Crippen molar-refractivity contribution in [2.45, 2.75) is 51.4 Å². The molecule has 0 aliphatic carbocycles. The number of nitrogens with zero attached hydrogens (tertiary/aromatic N) is 3. The number of unbranched alkanes of at least 4 members (excludes halogenated alkanes) is 1. The van der Waals surface area contributed by atoms with Gasteiger partial charge in [0.25, 0.3) is 5.56 Å². The number of hydrogen-bond acceptors (Lipinski definition) is 10. The number of ether oxygens (including phenoxy) is 1. The normalized spacial score (nSPS) is 17.5. The maximum absolute atomic E-state index is 13.5. The van der Waals surface area contributed by atoms with Crippen molar-refractivity contribution >= 4 is 23.1 Å². The van der Waals surface area contributed by atoms with Gasteiger partial charge in [-0.15, -0.1) is 0 Å². The molecule has 5 rings (SSSR count). The molecule has 0 amide bonds. The highest BCUT2D eigenvalue weighted by Crippen LogP contribution is 2.39. The van der Waals surface area contributed by atoms with E-state index >= 15 is 0 Å². The van der Waals surface area contributed by atoms with Crippen LogP contribution in [-0.2, 0) is 33.1 Å². The van der Waals surface area contributed by atoms with Gasteiger partial charge in [-0.2, -0.15) is 0 Å². The lowest BCUT2D eigenvalue weighted by Crippen LogP contribution is -2.44. The number of nitrogens with two attached hydrogens (primary N) is 1. The van der Waals surface area contributed by atoms with Gasteiger partial charge in [-0.3, -0.25) is 4.79 Å². The molecule has 0 saturated carbocycles. The predicted molar refractivity (Wildman–Crippen MR) is 157 cm³/mol. The van der Waals surface area contributed by atoms with Gasteiger partial charge in [0.2, 0.25) is 0 Å². The fourth-order valence-corrected chi connectivity index (χ4v) is 5.44. The molecular weight excluding hydrogens is 524 g/mol. The van der Waals surface area contributed by atoms with E-state index in [4.69, 9.17) is 20.3 Å². The molecule has 11 heteroatoms. The molecule has 0 spiro atoms. The number of aliphatic hydroxyl groups is 1. The van der Waals surface area contributed by atoms with Crippen molar-refractivity contribution in [2.75, 3.05) is 39.3 Å². The molecule has 0 radical (unpaired) electrons. The lowest BCUT2D eigenvalue weighted by molar-refractivity contribution is -0.172. The van der Waals surface area contributed by atoms with Crippen LogP contribution in [0.1, 0.15) is 54.9 Å². The van der Waals surface area contributed by atoms with Crippen LogP contribution in [0.4, 0.5) is 0 Å². The number of fused-ring (bicyclic) bond motifs is 5. The van der Waals surface area contributed by atoms with Crippen LogP contribution in [0.15, 0.2) is 40.3 Å². The van der Waals surface area contributed by atoms with E-state index in [0.717, 1.165) is 67.5 Å². The third-order valence-corrected chi connectivity index (χ3v) is 7.78. The van der Waals surface area contributed by atoms with Gasteiger partial charge in [0.1, 0.15) is 13.2 Å². The number of esters is 1. The first-order chi connectivity index (χ1) is 20.0. The van der Waals surface area contributed by atoms with E-state index in [1.807, 2.05) is 24.3 Å². The molecule has 0 saturated heterocycles. The summed E-state index contributed by atoms with van der Waals surface area (Å²) in [7, 11) is 0. The highest BCUT2D eigenvalue weighted by Gasteiger charge is 2.45. The van der Waals surface area contributed by atoms with Gasteiger partial charge >= 0.3 is 5.97 Å². The Bertz CT molecular complexity index is 1500. The number of hydrogen-bond donors (Lipinski definition) is 4. The van der Waals surface area contributed by atoms with Gasteiger partial charge in [-0.25, -0.2) is 9.78 Å². The first-order valence-electron chi connectivity index (χ1n) is 14.3. The molecule has 3 aromatic rings. The largest absolute Gasteiger partial charge is 0.458 e. The van der Waals surface area contributed by atoms with Gasteiger partial charge in [0, 0.05) is 28.6 Å². The summed E-state index contributed by atoms with van der Waals surface area (Å²) in [4.78, 5) is 36.4. The van der Waals surface area contributed by atoms with Gasteiger partial charge < -0.3 is 35.6 Å². The summed E-state index contributed by atoms with van der Waals surface area (Å²) in [5.74, 6) is -0.740. The van der Waals surface area contributed by atoms with Crippen molar-refractivity contribution in [1.82, 2.24) is 20.2 Å². The number of oxime groups is 1. The van der Waals surface area contributed by atoms with Crippen molar-refractivity contribution in [3.8, 4) is 11.4 Å². The predicted octanol–water partition coefficient (Wildman–Crippen LogP) is 1.74. The third-order valence-electron chi connectivity index (χ3n) is 7.78. The molecule has 4 heterocycles.